The molecule has 1 aromatic rings. The Morgan fingerprint density at radius 2 is 2.00 bits per heavy atom. The Kier molecular flexibility index (Phi) is 4.13. The summed E-state index contributed by atoms with van der Waals surface area (Å²) >= 11 is 0. The molecule has 0 amide bonds. The van der Waals surface area contributed by atoms with Crippen molar-refractivity contribution in [3.8, 4) is 0 Å². The van der Waals surface area contributed by atoms with Gasteiger partial charge in [0.05, 0.1) is 5.56 Å². The smallest absolute Gasteiger partial charge is 0.338 e. The average molecular weight is 355 g/mol. The molecule has 3 fully saturated rings. The van der Waals surface area contributed by atoms with E-state index in [1.807, 2.05) is 0 Å². The van der Waals surface area contributed by atoms with Crippen molar-refractivity contribution in [2.75, 3.05) is 0 Å². The number of nitrogens with zero attached hydrogens (tertiary/aromatic N) is 1. The van der Waals surface area contributed by atoms with Crippen molar-refractivity contribution in [3.05, 3.63) is 42.2 Å². The first-order chi connectivity index (χ1) is 12.4. The molecule has 4 rings (SSSR count). The van der Waals surface area contributed by atoms with E-state index in [4.69, 9.17) is 9.47 Å². The maximum atomic E-state index is 12.5. The van der Waals surface area contributed by atoms with Crippen LogP contribution in [0.2, 0.25) is 0 Å². The topological polar surface area (TPSA) is 65.5 Å². The average Bonchev–Trinajstić information content (AvgIpc) is 2.92. The molecule has 1 aromatic heterocycles. The van der Waals surface area contributed by atoms with E-state index < -0.39 is 0 Å². The fraction of sp³-hybridized carbons (Fsp3) is 0.571. The van der Waals surface area contributed by atoms with E-state index in [-0.39, 0.29) is 47.3 Å². The first-order valence-corrected chi connectivity index (χ1v) is 9.41. The van der Waals surface area contributed by atoms with Crippen molar-refractivity contribution in [3.63, 3.8) is 0 Å². The summed E-state index contributed by atoms with van der Waals surface area (Å²) in [6.45, 7) is 8.37. The molecule has 5 heteroatoms. The Morgan fingerprint density at radius 1 is 1.31 bits per heavy atom. The van der Waals surface area contributed by atoms with E-state index in [0.29, 0.717) is 11.1 Å². The normalized spacial score (nSPS) is 38.9. The van der Waals surface area contributed by atoms with Crippen molar-refractivity contribution in [2.24, 2.45) is 23.2 Å². The summed E-state index contributed by atoms with van der Waals surface area (Å²) in [5.74, 6) is -0.141. The second-order valence-electron chi connectivity index (χ2n) is 8.30. The van der Waals surface area contributed by atoms with E-state index in [0.717, 1.165) is 25.7 Å². The zero-order chi connectivity index (χ0) is 18.5. The predicted molar refractivity (Wildman–Crippen MR) is 95.2 cm³/mol. The number of carbonyl (C=O) groups excluding carboxylic acids is 2. The van der Waals surface area contributed by atoms with Gasteiger partial charge in [0.15, 0.2) is 0 Å². The number of pyridine rings is 1. The zero-order valence-electron chi connectivity index (χ0n) is 15.3. The van der Waals surface area contributed by atoms with Gasteiger partial charge in [-0.2, -0.15) is 0 Å². The lowest BCUT2D eigenvalue weighted by atomic mass is 9.53. The van der Waals surface area contributed by atoms with Crippen LogP contribution < -0.4 is 0 Å². The Balaban J connectivity index is 1.55. The molecular weight excluding hydrogens is 330 g/mol. The SMILES string of the molecule is C=C1C(=O)OC2C1CCC1(C)CCC(OC(=O)c3ccncc3)C(C)C21. The number of ether oxygens (including phenoxy) is 2. The van der Waals surface area contributed by atoms with Gasteiger partial charge in [-0.3, -0.25) is 4.98 Å². The molecule has 5 nitrogen and oxygen atoms in total. The number of aromatic nitrogens is 1. The minimum absolute atomic E-state index is 0.109. The Morgan fingerprint density at radius 3 is 2.73 bits per heavy atom. The molecule has 138 valence electrons. The van der Waals surface area contributed by atoms with Gasteiger partial charge in [0.25, 0.3) is 0 Å². The summed E-state index contributed by atoms with van der Waals surface area (Å²) in [5.41, 5.74) is 1.24. The Labute approximate surface area is 153 Å². The summed E-state index contributed by atoms with van der Waals surface area (Å²) in [6, 6.07) is 3.33. The van der Waals surface area contributed by atoms with Crippen LogP contribution in [0, 0.1) is 23.2 Å². The van der Waals surface area contributed by atoms with Crippen LogP contribution in [0.1, 0.15) is 49.9 Å². The lowest BCUT2D eigenvalue weighted by Crippen LogP contribution is -2.53. The van der Waals surface area contributed by atoms with Gasteiger partial charge in [-0.25, -0.2) is 9.59 Å². The molecule has 0 spiro atoms. The van der Waals surface area contributed by atoms with Crippen LogP contribution in [0.5, 0.6) is 0 Å². The standard InChI is InChI=1S/C21H25NO4/c1-12-15-4-8-21(3)9-5-16(13(2)17(21)18(15)26-19(12)23)25-20(24)14-6-10-22-11-7-14/h6-7,10-11,13,15-18H,1,4-5,8-9H2,2-3H3. The molecule has 26 heavy (non-hydrogen) atoms. The van der Waals surface area contributed by atoms with Crippen LogP contribution in [0.4, 0.5) is 0 Å². The first-order valence-electron chi connectivity index (χ1n) is 9.41. The first kappa shape index (κ1) is 17.3. The van der Waals surface area contributed by atoms with Gasteiger partial charge in [-0.1, -0.05) is 20.4 Å². The lowest BCUT2D eigenvalue weighted by Gasteiger charge is -2.54. The fourth-order valence-electron chi connectivity index (χ4n) is 5.39. The predicted octanol–water partition coefficient (Wildman–Crippen LogP) is 3.55. The van der Waals surface area contributed by atoms with E-state index in [2.05, 4.69) is 25.4 Å². The van der Waals surface area contributed by atoms with Crippen molar-refractivity contribution < 1.29 is 19.1 Å². The molecule has 2 saturated carbocycles. The lowest BCUT2D eigenvalue weighted by molar-refractivity contribution is -0.159. The number of hydrogen-bond acceptors (Lipinski definition) is 5. The largest absolute Gasteiger partial charge is 0.458 e. The number of carbonyl (C=O) groups is 2. The van der Waals surface area contributed by atoms with Crippen LogP contribution in [0.15, 0.2) is 36.7 Å². The number of hydrogen-bond donors (Lipinski definition) is 0. The minimum Gasteiger partial charge on any atom is -0.458 e. The monoisotopic (exact) mass is 355 g/mol. The molecule has 3 aliphatic rings. The van der Waals surface area contributed by atoms with Gasteiger partial charge in [-0.15, -0.1) is 0 Å². The molecule has 0 bridgehead atoms. The highest BCUT2D eigenvalue weighted by Crippen LogP contribution is 2.58. The van der Waals surface area contributed by atoms with Gasteiger partial charge < -0.3 is 9.47 Å². The highest BCUT2D eigenvalue weighted by Gasteiger charge is 2.58. The van der Waals surface area contributed by atoms with Crippen molar-refractivity contribution in [1.82, 2.24) is 4.98 Å². The molecule has 0 N–H and O–H groups in total. The summed E-state index contributed by atoms with van der Waals surface area (Å²) < 4.78 is 11.6. The molecule has 6 unspecified atom stereocenters. The second kappa shape index (κ2) is 6.22. The van der Waals surface area contributed by atoms with E-state index >= 15 is 0 Å². The van der Waals surface area contributed by atoms with Crippen molar-refractivity contribution in [2.45, 2.75) is 51.7 Å². The van der Waals surface area contributed by atoms with Gasteiger partial charge in [-0.05, 0) is 43.2 Å². The Hall–Kier alpha value is -2.17. The third-order valence-corrected chi connectivity index (χ3v) is 6.86. The maximum Gasteiger partial charge on any atom is 0.338 e. The number of esters is 2. The summed E-state index contributed by atoms with van der Waals surface area (Å²) in [7, 11) is 0. The molecule has 0 radical (unpaired) electrons. The van der Waals surface area contributed by atoms with Crippen LogP contribution in [0.25, 0.3) is 0 Å². The fourth-order valence-corrected chi connectivity index (χ4v) is 5.39. The van der Waals surface area contributed by atoms with E-state index in [1.54, 1.807) is 24.5 Å². The minimum atomic E-state index is -0.312. The van der Waals surface area contributed by atoms with Gasteiger partial charge in [0, 0.05) is 35.7 Å². The number of rotatable bonds is 2. The summed E-state index contributed by atoms with van der Waals surface area (Å²) in [6.07, 6.45) is 6.72. The third kappa shape index (κ3) is 2.65. The molecule has 1 aliphatic heterocycles. The Bertz CT molecular complexity index is 746. The molecular formula is C21H25NO4. The highest BCUT2D eigenvalue weighted by molar-refractivity contribution is 5.91. The molecule has 6 atom stereocenters. The van der Waals surface area contributed by atoms with E-state index in [1.165, 1.54) is 0 Å². The third-order valence-electron chi connectivity index (χ3n) is 6.86. The van der Waals surface area contributed by atoms with Gasteiger partial charge >= 0.3 is 11.9 Å². The second-order valence-corrected chi connectivity index (χ2v) is 8.30. The maximum absolute atomic E-state index is 12.5. The van der Waals surface area contributed by atoms with Crippen LogP contribution in [-0.4, -0.2) is 29.1 Å². The summed E-state index contributed by atoms with van der Waals surface area (Å²) in [5, 5.41) is 0. The van der Waals surface area contributed by atoms with Crippen LogP contribution in [0.3, 0.4) is 0 Å². The molecule has 2 aliphatic carbocycles. The molecule has 1 saturated heterocycles. The zero-order valence-corrected chi connectivity index (χ0v) is 15.3. The van der Waals surface area contributed by atoms with Gasteiger partial charge in [0.2, 0.25) is 0 Å². The van der Waals surface area contributed by atoms with Crippen LogP contribution >= 0.6 is 0 Å². The molecule has 0 aromatic carbocycles. The van der Waals surface area contributed by atoms with Gasteiger partial charge in [0.1, 0.15) is 12.2 Å². The molecule has 2 heterocycles. The van der Waals surface area contributed by atoms with E-state index in [9.17, 15) is 9.59 Å². The van der Waals surface area contributed by atoms with Crippen molar-refractivity contribution in [1.29, 1.82) is 0 Å². The quantitative estimate of drug-likeness (QED) is 0.599. The van der Waals surface area contributed by atoms with Crippen LogP contribution in [-0.2, 0) is 14.3 Å². The summed E-state index contributed by atoms with van der Waals surface area (Å²) in [4.78, 5) is 28.5. The van der Waals surface area contributed by atoms with Crippen molar-refractivity contribution >= 4 is 11.9 Å². The number of fused-ring (bicyclic) bond motifs is 3. The highest BCUT2D eigenvalue weighted by atomic mass is 16.6.